The van der Waals surface area contributed by atoms with Crippen LogP contribution in [0.2, 0.25) is 0 Å². The molecule has 1 atom stereocenters. The molecule has 0 bridgehead atoms. The number of nitrogens with two attached hydrogens (primary N) is 1. The lowest BCUT2D eigenvalue weighted by molar-refractivity contribution is -0.146. The summed E-state index contributed by atoms with van der Waals surface area (Å²) in [5.74, 6) is -0.323. The summed E-state index contributed by atoms with van der Waals surface area (Å²) in [5, 5.41) is 0. The Bertz CT molecular complexity index is 126. The van der Waals surface area contributed by atoms with Crippen LogP contribution >= 0.6 is 0 Å². The van der Waals surface area contributed by atoms with Gasteiger partial charge in [0, 0.05) is 19.9 Å². The van der Waals surface area contributed by atoms with E-state index in [9.17, 15) is 4.79 Å². The second-order valence-corrected chi connectivity index (χ2v) is 2.74. The van der Waals surface area contributed by atoms with Crippen LogP contribution in [0.3, 0.4) is 0 Å². The highest BCUT2D eigenvalue weighted by Crippen LogP contribution is 1.92. The van der Waals surface area contributed by atoms with E-state index in [0.29, 0.717) is 6.42 Å². The predicted molar refractivity (Wildman–Crippen MR) is 42.9 cm³/mol. The van der Waals surface area contributed by atoms with Gasteiger partial charge in [0.15, 0.2) is 6.23 Å². The third-order valence-corrected chi connectivity index (χ3v) is 1.18. The van der Waals surface area contributed by atoms with E-state index in [1.807, 2.05) is 19.0 Å². The van der Waals surface area contributed by atoms with E-state index in [2.05, 4.69) is 0 Å². The van der Waals surface area contributed by atoms with Crippen molar-refractivity contribution in [2.75, 3.05) is 20.6 Å². The summed E-state index contributed by atoms with van der Waals surface area (Å²) in [6.45, 7) is 2.18. The first-order valence-corrected chi connectivity index (χ1v) is 3.60. The second-order valence-electron chi connectivity index (χ2n) is 2.74. The minimum Gasteiger partial charge on any atom is -0.447 e. The molecule has 0 aliphatic carbocycles. The molecule has 0 fully saturated rings. The maximum atomic E-state index is 10.4. The number of esters is 1. The average molecular weight is 160 g/mol. The number of hydrogen-bond acceptors (Lipinski definition) is 4. The average Bonchev–Trinajstić information content (AvgIpc) is 1.82. The van der Waals surface area contributed by atoms with Gasteiger partial charge in [0.05, 0.1) is 0 Å². The van der Waals surface area contributed by atoms with E-state index in [0.717, 1.165) is 6.54 Å². The molecule has 0 aliphatic heterocycles. The Kier molecular flexibility index (Phi) is 4.81. The van der Waals surface area contributed by atoms with Crippen LogP contribution in [0.25, 0.3) is 0 Å². The molecule has 11 heavy (non-hydrogen) atoms. The lowest BCUT2D eigenvalue weighted by Crippen LogP contribution is -2.30. The number of ether oxygens (including phenoxy) is 1. The molecule has 0 spiro atoms. The molecule has 2 N–H and O–H groups in total. The molecule has 0 aromatic rings. The number of hydrogen-bond donors (Lipinski definition) is 1. The van der Waals surface area contributed by atoms with Crippen LogP contribution in [-0.2, 0) is 9.53 Å². The van der Waals surface area contributed by atoms with E-state index in [-0.39, 0.29) is 5.97 Å². The summed E-state index contributed by atoms with van der Waals surface area (Å²) in [6, 6.07) is 0. The van der Waals surface area contributed by atoms with Crippen molar-refractivity contribution >= 4 is 5.97 Å². The van der Waals surface area contributed by atoms with Crippen LogP contribution < -0.4 is 5.73 Å². The SMILES string of the molecule is CC(=O)OC(N)CCN(C)C. The molecular formula is C7H16N2O2. The first kappa shape index (κ1) is 10.4. The van der Waals surface area contributed by atoms with Gasteiger partial charge in [-0.15, -0.1) is 0 Å². The molecule has 0 saturated carbocycles. The van der Waals surface area contributed by atoms with Crippen molar-refractivity contribution in [1.29, 1.82) is 0 Å². The van der Waals surface area contributed by atoms with Gasteiger partial charge in [0.1, 0.15) is 0 Å². The number of rotatable bonds is 4. The normalized spacial score (nSPS) is 13.2. The van der Waals surface area contributed by atoms with E-state index in [1.165, 1.54) is 6.92 Å². The lowest BCUT2D eigenvalue weighted by Gasteiger charge is -2.14. The zero-order valence-electron chi connectivity index (χ0n) is 7.33. The highest BCUT2D eigenvalue weighted by Gasteiger charge is 2.04. The molecule has 0 radical (unpaired) electrons. The Hall–Kier alpha value is -0.610. The first-order valence-electron chi connectivity index (χ1n) is 3.60. The minimum atomic E-state index is -0.463. The van der Waals surface area contributed by atoms with Gasteiger partial charge < -0.3 is 9.64 Å². The van der Waals surface area contributed by atoms with E-state index < -0.39 is 6.23 Å². The van der Waals surface area contributed by atoms with E-state index >= 15 is 0 Å². The Morgan fingerprint density at radius 3 is 2.55 bits per heavy atom. The Balaban J connectivity index is 3.37. The number of carbonyl (C=O) groups is 1. The molecule has 0 aliphatic rings. The summed E-state index contributed by atoms with van der Waals surface area (Å²) in [7, 11) is 3.89. The third-order valence-electron chi connectivity index (χ3n) is 1.18. The maximum Gasteiger partial charge on any atom is 0.304 e. The van der Waals surface area contributed by atoms with Crippen molar-refractivity contribution in [3.63, 3.8) is 0 Å². The Morgan fingerprint density at radius 2 is 2.18 bits per heavy atom. The lowest BCUT2D eigenvalue weighted by atomic mass is 10.4. The molecule has 4 nitrogen and oxygen atoms in total. The summed E-state index contributed by atoms with van der Waals surface area (Å²) in [5.41, 5.74) is 5.45. The smallest absolute Gasteiger partial charge is 0.304 e. The number of nitrogens with zero attached hydrogens (tertiary/aromatic N) is 1. The van der Waals surface area contributed by atoms with Crippen LogP contribution in [0, 0.1) is 0 Å². The maximum absolute atomic E-state index is 10.4. The monoisotopic (exact) mass is 160 g/mol. The molecule has 0 saturated heterocycles. The standard InChI is InChI=1S/C7H16N2O2/c1-6(10)11-7(8)4-5-9(2)3/h7H,4-5,8H2,1-3H3. The van der Waals surface area contributed by atoms with E-state index in [1.54, 1.807) is 0 Å². The van der Waals surface area contributed by atoms with Gasteiger partial charge in [0.2, 0.25) is 0 Å². The molecular weight excluding hydrogens is 144 g/mol. The Morgan fingerprint density at radius 1 is 1.64 bits per heavy atom. The first-order chi connectivity index (χ1) is 5.02. The van der Waals surface area contributed by atoms with Gasteiger partial charge in [-0.25, -0.2) is 0 Å². The summed E-state index contributed by atoms with van der Waals surface area (Å²) in [6.07, 6.45) is 0.210. The fraction of sp³-hybridized carbons (Fsp3) is 0.857. The second kappa shape index (κ2) is 5.09. The Labute approximate surface area is 67.3 Å². The zero-order valence-corrected chi connectivity index (χ0v) is 7.33. The van der Waals surface area contributed by atoms with Gasteiger partial charge in [-0.1, -0.05) is 0 Å². The highest BCUT2D eigenvalue weighted by atomic mass is 16.5. The molecule has 0 aromatic heterocycles. The van der Waals surface area contributed by atoms with Crippen LogP contribution in [0.5, 0.6) is 0 Å². The van der Waals surface area contributed by atoms with Crippen molar-refractivity contribution in [3.8, 4) is 0 Å². The summed E-state index contributed by atoms with van der Waals surface area (Å²) < 4.78 is 4.71. The molecule has 0 rings (SSSR count). The largest absolute Gasteiger partial charge is 0.447 e. The van der Waals surface area contributed by atoms with Crippen molar-refractivity contribution in [2.24, 2.45) is 5.73 Å². The highest BCUT2D eigenvalue weighted by molar-refractivity contribution is 5.66. The summed E-state index contributed by atoms with van der Waals surface area (Å²) >= 11 is 0. The quantitative estimate of drug-likeness (QED) is 0.456. The van der Waals surface area contributed by atoms with Gasteiger partial charge in [0.25, 0.3) is 0 Å². The number of carbonyl (C=O) groups excluding carboxylic acids is 1. The van der Waals surface area contributed by atoms with Crippen molar-refractivity contribution in [2.45, 2.75) is 19.6 Å². The fourth-order valence-corrected chi connectivity index (χ4v) is 0.658. The zero-order chi connectivity index (χ0) is 8.85. The van der Waals surface area contributed by atoms with Crippen LogP contribution in [-0.4, -0.2) is 37.7 Å². The molecule has 0 aromatic carbocycles. The molecule has 0 amide bonds. The van der Waals surface area contributed by atoms with Crippen LogP contribution in [0.1, 0.15) is 13.3 Å². The molecule has 0 heterocycles. The van der Waals surface area contributed by atoms with Gasteiger partial charge in [-0.2, -0.15) is 0 Å². The van der Waals surface area contributed by atoms with Crippen molar-refractivity contribution in [1.82, 2.24) is 4.90 Å². The van der Waals surface area contributed by atoms with Crippen molar-refractivity contribution in [3.05, 3.63) is 0 Å². The van der Waals surface area contributed by atoms with E-state index in [4.69, 9.17) is 10.5 Å². The topological polar surface area (TPSA) is 55.6 Å². The molecule has 4 heteroatoms. The summed E-state index contributed by atoms with van der Waals surface area (Å²) in [4.78, 5) is 12.4. The van der Waals surface area contributed by atoms with Gasteiger partial charge in [-0.05, 0) is 14.1 Å². The molecule has 1 unspecified atom stereocenters. The fourth-order valence-electron chi connectivity index (χ4n) is 0.658. The molecule has 66 valence electrons. The van der Waals surface area contributed by atoms with Crippen molar-refractivity contribution < 1.29 is 9.53 Å². The minimum absolute atomic E-state index is 0.323. The third kappa shape index (κ3) is 7.29. The van der Waals surface area contributed by atoms with Crippen LogP contribution in [0.15, 0.2) is 0 Å². The predicted octanol–water partition coefficient (Wildman–Crippen LogP) is -0.214. The van der Waals surface area contributed by atoms with Gasteiger partial charge >= 0.3 is 5.97 Å². The van der Waals surface area contributed by atoms with Crippen LogP contribution in [0.4, 0.5) is 0 Å². The van der Waals surface area contributed by atoms with Gasteiger partial charge in [-0.3, -0.25) is 10.5 Å².